The number of aromatic nitrogens is 2. The Hall–Kier alpha value is -2.06. The predicted octanol–water partition coefficient (Wildman–Crippen LogP) is 3.82. The van der Waals surface area contributed by atoms with Crippen molar-refractivity contribution in [1.82, 2.24) is 14.7 Å². The summed E-state index contributed by atoms with van der Waals surface area (Å²) in [5.74, 6) is 0.0950. The molecule has 1 saturated heterocycles. The van der Waals surface area contributed by atoms with Crippen LogP contribution in [-0.4, -0.2) is 39.7 Å². The van der Waals surface area contributed by atoms with Crippen molar-refractivity contribution in [3.8, 4) is 5.69 Å². The number of benzene rings is 1. The van der Waals surface area contributed by atoms with E-state index in [0.29, 0.717) is 24.3 Å². The largest absolute Gasteiger partial charge is 0.416 e. The lowest BCUT2D eigenvalue weighted by Crippen LogP contribution is -2.45. The number of rotatable bonds is 3. The Kier molecular flexibility index (Phi) is 6.77. The van der Waals surface area contributed by atoms with Crippen LogP contribution < -0.4 is 5.73 Å². The van der Waals surface area contributed by atoms with Gasteiger partial charge in [0.15, 0.2) is 0 Å². The summed E-state index contributed by atoms with van der Waals surface area (Å²) < 4.78 is 40.3. The molecule has 1 amide bonds. The van der Waals surface area contributed by atoms with E-state index in [-0.39, 0.29) is 36.0 Å². The third-order valence-corrected chi connectivity index (χ3v) is 5.15. The number of carbonyl (C=O) groups is 1. The molecule has 1 aromatic heterocycles. The number of halogens is 4. The standard InChI is InChI=1S/C19H23F3N4O.ClH/c1-12(23)14-5-4-8-25(11-14)18(27)17-10-24-26(13(17)2)16-7-3-6-15(9-16)19(20,21)22;/h3,6-7,9-10,12,14H,4-5,8,11,23H2,1-2H3;1H. The van der Waals surface area contributed by atoms with E-state index < -0.39 is 11.7 Å². The number of likely N-dealkylation sites (tertiary alicyclic amines) is 1. The van der Waals surface area contributed by atoms with Gasteiger partial charge in [-0.2, -0.15) is 18.3 Å². The van der Waals surface area contributed by atoms with Crippen molar-refractivity contribution in [3.63, 3.8) is 0 Å². The summed E-state index contributed by atoms with van der Waals surface area (Å²) in [6.07, 6.45) is -1.13. The molecule has 0 radical (unpaired) electrons. The van der Waals surface area contributed by atoms with Gasteiger partial charge in [0.2, 0.25) is 0 Å². The van der Waals surface area contributed by atoms with E-state index in [4.69, 9.17) is 5.73 Å². The van der Waals surface area contributed by atoms with Gasteiger partial charge in [0.05, 0.1) is 28.7 Å². The van der Waals surface area contributed by atoms with Crippen LogP contribution in [0.5, 0.6) is 0 Å². The van der Waals surface area contributed by atoms with Crippen LogP contribution in [0.4, 0.5) is 13.2 Å². The van der Waals surface area contributed by atoms with Crippen molar-refractivity contribution in [2.45, 2.75) is 38.9 Å². The minimum atomic E-state index is -4.43. The molecular formula is C19H24ClF3N4O. The summed E-state index contributed by atoms with van der Waals surface area (Å²) >= 11 is 0. The van der Waals surface area contributed by atoms with Crippen LogP contribution >= 0.6 is 12.4 Å². The van der Waals surface area contributed by atoms with Crippen LogP contribution in [0.1, 0.15) is 41.4 Å². The van der Waals surface area contributed by atoms with Crippen LogP contribution in [0.15, 0.2) is 30.5 Å². The van der Waals surface area contributed by atoms with Gasteiger partial charge in [-0.1, -0.05) is 6.07 Å². The quantitative estimate of drug-likeness (QED) is 0.827. The maximum Gasteiger partial charge on any atom is 0.416 e. The molecule has 0 spiro atoms. The molecule has 2 heterocycles. The van der Waals surface area contributed by atoms with Gasteiger partial charge in [0, 0.05) is 19.1 Å². The maximum absolute atomic E-state index is 13.0. The number of piperidine rings is 1. The number of nitrogens with two attached hydrogens (primary N) is 1. The maximum atomic E-state index is 13.0. The highest BCUT2D eigenvalue weighted by Crippen LogP contribution is 2.30. The average Bonchev–Trinajstić information content (AvgIpc) is 3.02. The van der Waals surface area contributed by atoms with Crippen molar-refractivity contribution in [2.24, 2.45) is 11.7 Å². The van der Waals surface area contributed by atoms with Gasteiger partial charge >= 0.3 is 6.18 Å². The molecular weight excluding hydrogens is 393 g/mol. The second-order valence-corrected chi connectivity index (χ2v) is 7.12. The molecule has 1 aliphatic rings. The van der Waals surface area contributed by atoms with Gasteiger partial charge in [-0.3, -0.25) is 4.79 Å². The number of hydrogen-bond acceptors (Lipinski definition) is 3. The minimum absolute atomic E-state index is 0. The molecule has 0 bridgehead atoms. The number of amides is 1. The van der Waals surface area contributed by atoms with Gasteiger partial charge in [-0.25, -0.2) is 4.68 Å². The Labute approximate surface area is 168 Å². The Morgan fingerprint density at radius 1 is 1.36 bits per heavy atom. The Balaban J connectivity index is 0.00000280. The smallest absolute Gasteiger partial charge is 0.338 e. The zero-order chi connectivity index (χ0) is 19.8. The zero-order valence-electron chi connectivity index (χ0n) is 15.7. The number of carbonyl (C=O) groups excluding carboxylic acids is 1. The monoisotopic (exact) mass is 416 g/mol. The van der Waals surface area contributed by atoms with Crippen molar-refractivity contribution in [1.29, 1.82) is 0 Å². The topological polar surface area (TPSA) is 64.2 Å². The average molecular weight is 417 g/mol. The highest BCUT2D eigenvalue weighted by molar-refractivity contribution is 5.95. The molecule has 1 fully saturated rings. The second-order valence-electron chi connectivity index (χ2n) is 7.12. The summed E-state index contributed by atoms with van der Waals surface area (Å²) in [6, 6.07) is 4.92. The van der Waals surface area contributed by atoms with Crippen LogP contribution in [-0.2, 0) is 6.18 Å². The zero-order valence-corrected chi connectivity index (χ0v) is 16.6. The lowest BCUT2D eigenvalue weighted by Gasteiger charge is -2.34. The summed E-state index contributed by atoms with van der Waals surface area (Å²) in [7, 11) is 0. The van der Waals surface area contributed by atoms with Gasteiger partial charge in [-0.15, -0.1) is 12.4 Å². The molecule has 2 unspecified atom stereocenters. The Morgan fingerprint density at radius 3 is 2.71 bits per heavy atom. The molecule has 2 N–H and O–H groups in total. The van der Waals surface area contributed by atoms with E-state index in [9.17, 15) is 18.0 Å². The lowest BCUT2D eigenvalue weighted by molar-refractivity contribution is -0.137. The highest BCUT2D eigenvalue weighted by Gasteiger charge is 2.31. The molecule has 1 aromatic carbocycles. The van der Waals surface area contributed by atoms with Crippen molar-refractivity contribution in [3.05, 3.63) is 47.3 Å². The fourth-order valence-electron chi connectivity index (χ4n) is 3.49. The summed E-state index contributed by atoms with van der Waals surface area (Å²) in [6.45, 7) is 4.87. The Morgan fingerprint density at radius 2 is 2.07 bits per heavy atom. The molecule has 0 saturated carbocycles. The van der Waals surface area contributed by atoms with Gasteiger partial charge in [0.1, 0.15) is 0 Å². The third-order valence-electron chi connectivity index (χ3n) is 5.15. The van der Waals surface area contributed by atoms with E-state index in [1.54, 1.807) is 11.8 Å². The number of hydrogen-bond donors (Lipinski definition) is 1. The first-order valence-electron chi connectivity index (χ1n) is 8.95. The Bertz CT molecular complexity index is 835. The minimum Gasteiger partial charge on any atom is -0.338 e. The van der Waals surface area contributed by atoms with Gasteiger partial charge < -0.3 is 10.6 Å². The van der Waals surface area contributed by atoms with Crippen LogP contribution in [0.3, 0.4) is 0 Å². The SMILES string of the molecule is Cc1c(C(=O)N2CCCC(C(C)N)C2)cnn1-c1cccc(C(F)(F)F)c1.Cl. The summed E-state index contributed by atoms with van der Waals surface area (Å²) in [5, 5.41) is 4.16. The van der Waals surface area contributed by atoms with E-state index >= 15 is 0 Å². The van der Waals surface area contributed by atoms with Crippen molar-refractivity contribution in [2.75, 3.05) is 13.1 Å². The first-order chi connectivity index (χ1) is 12.7. The molecule has 0 aliphatic carbocycles. The first kappa shape index (κ1) is 22.2. The van der Waals surface area contributed by atoms with E-state index in [1.165, 1.54) is 23.0 Å². The summed E-state index contributed by atoms with van der Waals surface area (Å²) in [4.78, 5) is 14.7. The van der Waals surface area contributed by atoms with E-state index in [2.05, 4.69) is 5.10 Å². The molecule has 3 rings (SSSR count). The fourth-order valence-corrected chi connectivity index (χ4v) is 3.49. The van der Waals surface area contributed by atoms with Crippen molar-refractivity contribution < 1.29 is 18.0 Å². The molecule has 5 nitrogen and oxygen atoms in total. The molecule has 2 atom stereocenters. The fraction of sp³-hybridized carbons (Fsp3) is 0.474. The first-order valence-corrected chi connectivity index (χ1v) is 8.95. The van der Waals surface area contributed by atoms with Crippen LogP contribution in [0.2, 0.25) is 0 Å². The molecule has 154 valence electrons. The second kappa shape index (κ2) is 8.53. The van der Waals surface area contributed by atoms with E-state index in [0.717, 1.165) is 25.0 Å². The van der Waals surface area contributed by atoms with Crippen molar-refractivity contribution >= 4 is 18.3 Å². The normalized spacial score (nSPS) is 18.5. The lowest BCUT2D eigenvalue weighted by atomic mass is 9.92. The number of alkyl halides is 3. The van der Waals surface area contributed by atoms with E-state index in [1.807, 2.05) is 6.92 Å². The predicted molar refractivity (Wildman–Crippen MR) is 103 cm³/mol. The highest BCUT2D eigenvalue weighted by atomic mass is 35.5. The van der Waals surface area contributed by atoms with Crippen LogP contribution in [0.25, 0.3) is 5.69 Å². The van der Waals surface area contributed by atoms with Gasteiger partial charge in [-0.05, 0) is 50.8 Å². The molecule has 2 aromatic rings. The molecule has 9 heteroatoms. The molecule has 1 aliphatic heterocycles. The van der Waals surface area contributed by atoms with Crippen LogP contribution in [0, 0.1) is 12.8 Å². The summed E-state index contributed by atoms with van der Waals surface area (Å²) in [5.41, 5.74) is 6.42. The molecule has 28 heavy (non-hydrogen) atoms. The van der Waals surface area contributed by atoms with Gasteiger partial charge in [0.25, 0.3) is 5.91 Å². The third kappa shape index (κ3) is 4.50. The number of nitrogens with zero attached hydrogens (tertiary/aromatic N) is 3.